The zero-order chi connectivity index (χ0) is 13.6. The summed E-state index contributed by atoms with van der Waals surface area (Å²) in [6, 6.07) is 7.45. The van der Waals surface area contributed by atoms with Crippen LogP contribution in [0.15, 0.2) is 18.2 Å². The van der Waals surface area contributed by atoms with Gasteiger partial charge in [-0.3, -0.25) is 0 Å². The molecule has 0 aliphatic heterocycles. The van der Waals surface area contributed by atoms with Crippen molar-refractivity contribution in [3.63, 3.8) is 0 Å². The number of aryl methyl sites for hydroxylation is 1. The average Bonchev–Trinajstić information content (AvgIpc) is 2.39. The summed E-state index contributed by atoms with van der Waals surface area (Å²) in [5.74, 6) is -1.53. The molecule has 0 bridgehead atoms. The van der Waals surface area contributed by atoms with E-state index in [2.05, 4.69) is 13.8 Å². The lowest BCUT2D eigenvalue weighted by atomic mass is 10.1. The third-order valence-electron chi connectivity index (χ3n) is 3.80. The molecule has 0 aliphatic carbocycles. The van der Waals surface area contributed by atoms with E-state index in [9.17, 15) is 8.78 Å². The van der Waals surface area contributed by atoms with Crippen molar-refractivity contribution in [2.45, 2.75) is 44.8 Å². The van der Waals surface area contributed by atoms with Crippen LogP contribution in [0.2, 0.25) is 18.1 Å². The first-order chi connectivity index (χ1) is 8.56. The zero-order valence-corrected chi connectivity index (χ0v) is 12.4. The molecule has 0 saturated carbocycles. The van der Waals surface area contributed by atoms with Gasteiger partial charge in [0.1, 0.15) is 0 Å². The summed E-state index contributed by atoms with van der Waals surface area (Å²) < 4.78 is 31.6. The molecule has 4 heteroatoms. The van der Waals surface area contributed by atoms with Gasteiger partial charge in [-0.05, 0) is 48.7 Å². The van der Waals surface area contributed by atoms with Crippen molar-refractivity contribution in [1.29, 1.82) is 0 Å². The Bertz CT molecular complexity index is 370. The van der Waals surface area contributed by atoms with Gasteiger partial charge in [-0.1, -0.05) is 19.9 Å². The molecule has 0 spiro atoms. The van der Waals surface area contributed by atoms with Crippen LogP contribution in [0, 0.1) is 11.6 Å². The van der Waals surface area contributed by atoms with Crippen LogP contribution in [0.3, 0.4) is 0 Å². The Morgan fingerprint density at radius 3 is 2.28 bits per heavy atom. The van der Waals surface area contributed by atoms with Crippen LogP contribution in [-0.4, -0.2) is 15.4 Å². The summed E-state index contributed by atoms with van der Waals surface area (Å²) in [5.41, 5.74) is 0.861. The van der Waals surface area contributed by atoms with Gasteiger partial charge < -0.3 is 4.43 Å². The van der Waals surface area contributed by atoms with Crippen molar-refractivity contribution in [3.8, 4) is 0 Å². The summed E-state index contributed by atoms with van der Waals surface area (Å²) in [6.07, 6.45) is 1.77. The van der Waals surface area contributed by atoms with Crippen LogP contribution < -0.4 is 0 Å². The van der Waals surface area contributed by atoms with Gasteiger partial charge in [-0.25, -0.2) is 8.78 Å². The Hall–Kier alpha value is -0.743. The Morgan fingerprint density at radius 1 is 1.11 bits per heavy atom. The van der Waals surface area contributed by atoms with Gasteiger partial charge in [0.15, 0.2) is 20.0 Å². The van der Waals surface area contributed by atoms with Crippen LogP contribution >= 0.6 is 0 Å². The lowest BCUT2D eigenvalue weighted by Crippen LogP contribution is -2.35. The van der Waals surface area contributed by atoms with Crippen LogP contribution in [0.4, 0.5) is 8.78 Å². The molecule has 102 valence electrons. The van der Waals surface area contributed by atoms with Crippen molar-refractivity contribution in [1.82, 2.24) is 0 Å². The van der Waals surface area contributed by atoms with E-state index in [0.29, 0.717) is 0 Å². The topological polar surface area (TPSA) is 9.23 Å². The fourth-order valence-electron chi connectivity index (χ4n) is 2.30. The smallest absolute Gasteiger partial charge is 0.191 e. The highest BCUT2D eigenvalue weighted by Gasteiger charge is 2.28. The van der Waals surface area contributed by atoms with Gasteiger partial charge >= 0.3 is 0 Å². The second kappa shape index (κ2) is 7.00. The molecule has 18 heavy (non-hydrogen) atoms. The molecule has 1 aromatic rings. The van der Waals surface area contributed by atoms with Crippen LogP contribution in [0.5, 0.6) is 0 Å². The Labute approximate surface area is 109 Å². The maximum atomic E-state index is 13.0. The molecule has 0 aromatic heterocycles. The molecular formula is C14H22F2OSi. The molecule has 1 nitrogen and oxygen atoms in total. The van der Waals surface area contributed by atoms with Gasteiger partial charge in [0.2, 0.25) is 0 Å². The highest BCUT2D eigenvalue weighted by molar-refractivity contribution is 6.73. The molecular weight excluding hydrogens is 250 g/mol. The van der Waals surface area contributed by atoms with Crippen molar-refractivity contribution in [2.24, 2.45) is 0 Å². The molecule has 0 radical (unpaired) electrons. The summed E-state index contributed by atoms with van der Waals surface area (Å²) >= 11 is 0. The third-order valence-corrected chi connectivity index (χ3v) is 8.51. The van der Waals surface area contributed by atoms with Gasteiger partial charge in [0.05, 0.1) is 0 Å². The van der Waals surface area contributed by atoms with Gasteiger partial charge in [0, 0.05) is 7.11 Å². The Kier molecular flexibility index (Phi) is 5.95. The van der Waals surface area contributed by atoms with Gasteiger partial charge in [-0.2, -0.15) is 0 Å². The average molecular weight is 272 g/mol. The number of hydrogen-bond donors (Lipinski definition) is 0. The normalized spacial score (nSPS) is 11.8. The SMILES string of the molecule is CC[Si](CC)(CCCc1ccc(F)c(F)c1)OC. The molecule has 0 heterocycles. The molecule has 0 atom stereocenters. The molecule has 0 saturated heterocycles. The molecule has 1 aromatic carbocycles. The molecule has 1 rings (SSSR count). The number of rotatable bonds is 7. The maximum absolute atomic E-state index is 13.0. The number of benzene rings is 1. The molecule has 0 unspecified atom stereocenters. The first-order valence-electron chi connectivity index (χ1n) is 6.56. The van der Waals surface area contributed by atoms with E-state index in [1.54, 1.807) is 13.2 Å². The predicted octanol–water partition coefficient (Wildman–Crippen LogP) is 4.53. The zero-order valence-electron chi connectivity index (χ0n) is 11.4. The standard InChI is InChI=1S/C14H22F2OSi/c1-4-18(5-2,17-3)10-6-7-12-8-9-13(15)14(16)11-12/h8-9,11H,4-7,10H2,1-3H3. The van der Waals surface area contributed by atoms with E-state index in [0.717, 1.165) is 36.5 Å². The lowest BCUT2D eigenvalue weighted by molar-refractivity contribution is 0.390. The largest absolute Gasteiger partial charge is 0.420 e. The fourth-order valence-corrected chi connectivity index (χ4v) is 5.11. The summed E-state index contributed by atoms with van der Waals surface area (Å²) in [7, 11) is 0.239. The van der Waals surface area contributed by atoms with Crippen LogP contribution in [-0.2, 0) is 10.8 Å². The van der Waals surface area contributed by atoms with Crippen molar-refractivity contribution < 1.29 is 13.2 Å². The van der Waals surface area contributed by atoms with Crippen molar-refractivity contribution in [2.75, 3.05) is 7.11 Å². The summed E-state index contributed by atoms with van der Waals surface area (Å²) in [4.78, 5) is 0. The second-order valence-corrected chi connectivity index (χ2v) is 9.38. The van der Waals surface area contributed by atoms with E-state index in [-0.39, 0.29) is 0 Å². The number of hydrogen-bond acceptors (Lipinski definition) is 1. The fraction of sp³-hybridized carbons (Fsp3) is 0.571. The van der Waals surface area contributed by atoms with Crippen LogP contribution in [0.25, 0.3) is 0 Å². The van der Waals surface area contributed by atoms with Gasteiger partial charge in [0.25, 0.3) is 0 Å². The quantitative estimate of drug-likeness (QED) is 0.663. The number of halogens is 2. The van der Waals surface area contributed by atoms with E-state index < -0.39 is 20.0 Å². The Balaban J connectivity index is 2.52. The first-order valence-corrected chi connectivity index (χ1v) is 9.09. The molecule has 0 aliphatic rings. The van der Waals surface area contributed by atoms with E-state index in [4.69, 9.17) is 4.43 Å². The third kappa shape index (κ3) is 3.88. The lowest BCUT2D eigenvalue weighted by Gasteiger charge is -2.27. The summed E-state index contributed by atoms with van der Waals surface area (Å²) in [6.45, 7) is 4.35. The minimum absolute atomic E-state index is 0.756. The van der Waals surface area contributed by atoms with Crippen LogP contribution in [0.1, 0.15) is 25.8 Å². The Morgan fingerprint density at radius 2 is 1.78 bits per heavy atom. The minimum atomic E-state index is -1.56. The minimum Gasteiger partial charge on any atom is -0.420 e. The molecule has 0 amide bonds. The van der Waals surface area contributed by atoms with Gasteiger partial charge in [-0.15, -0.1) is 0 Å². The monoisotopic (exact) mass is 272 g/mol. The predicted molar refractivity (Wildman–Crippen MR) is 73.2 cm³/mol. The van der Waals surface area contributed by atoms with E-state index in [1.807, 2.05) is 0 Å². The van der Waals surface area contributed by atoms with E-state index in [1.165, 1.54) is 12.1 Å². The maximum Gasteiger partial charge on any atom is 0.191 e. The highest BCUT2D eigenvalue weighted by atomic mass is 28.4. The first kappa shape index (κ1) is 15.3. The highest BCUT2D eigenvalue weighted by Crippen LogP contribution is 2.24. The van der Waals surface area contributed by atoms with Crippen molar-refractivity contribution in [3.05, 3.63) is 35.4 Å². The van der Waals surface area contributed by atoms with E-state index >= 15 is 0 Å². The summed E-state index contributed by atoms with van der Waals surface area (Å²) in [5, 5.41) is 0. The van der Waals surface area contributed by atoms with Crippen molar-refractivity contribution >= 4 is 8.32 Å². The molecule has 0 N–H and O–H groups in total. The second-order valence-electron chi connectivity index (χ2n) is 4.70. The molecule has 0 fully saturated rings.